The molecule has 0 radical (unpaired) electrons. The van der Waals surface area contributed by atoms with Crippen LogP contribution in [0.4, 0.5) is 13.2 Å². The van der Waals surface area contributed by atoms with Gasteiger partial charge in [0.1, 0.15) is 12.4 Å². The lowest BCUT2D eigenvalue weighted by Crippen LogP contribution is -2.10. The highest BCUT2D eigenvalue weighted by molar-refractivity contribution is 6.32. The van der Waals surface area contributed by atoms with Gasteiger partial charge in [0.15, 0.2) is 5.69 Å². The number of halogens is 4. The van der Waals surface area contributed by atoms with Crippen molar-refractivity contribution in [2.75, 3.05) is 0 Å². The second-order valence-corrected chi connectivity index (χ2v) is 4.94. The molecule has 0 fully saturated rings. The number of pyridine rings is 1. The Balaban J connectivity index is 2.30. The summed E-state index contributed by atoms with van der Waals surface area (Å²) in [4.78, 5) is 14.8. The number of hydrogen-bond donors (Lipinski definition) is 1. The summed E-state index contributed by atoms with van der Waals surface area (Å²) in [6, 6.07) is 5.62. The van der Waals surface area contributed by atoms with Crippen LogP contribution in [0, 0.1) is 11.3 Å². The highest BCUT2D eigenvalue weighted by Gasteiger charge is 2.31. The van der Waals surface area contributed by atoms with Gasteiger partial charge in [-0.2, -0.15) is 18.4 Å². The summed E-state index contributed by atoms with van der Waals surface area (Å²) in [5.41, 5.74) is -1.28. The lowest BCUT2D eigenvalue weighted by atomic mass is 10.1. The molecule has 0 spiro atoms. The largest absolute Gasteiger partial charge is 0.487 e. The number of aromatic nitrogens is 1. The van der Waals surface area contributed by atoms with E-state index in [-0.39, 0.29) is 34.2 Å². The van der Waals surface area contributed by atoms with E-state index in [0.29, 0.717) is 6.07 Å². The van der Waals surface area contributed by atoms with Crippen LogP contribution < -0.4 is 4.74 Å². The number of benzene rings is 1. The average Bonchev–Trinajstić information content (AvgIpc) is 2.52. The lowest BCUT2D eigenvalue weighted by molar-refractivity contribution is -0.137. The lowest BCUT2D eigenvalue weighted by Gasteiger charge is -2.12. The molecule has 5 nitrogen and oxygen atoms in total. The van der Waals surface area contributed by atoms with Crippen LogP contribution in [0.1, 0.15) is 27.2 Å². The van der Waals surface area contributed by atoms with Crippen LogP contribution in [0.15, 0.2) is 30.5 Å². The Morgan fingerprint density at radius 1 is 1.38 bits per heavy atom. The number of aromatic carboxylic acids is 1. The molecule has 0 bridgehead atoms. The van der Waals surface area contributed by atoms with Crippen LogP contribution in [0.3, 0.4) is 0 Å². The zero-order chi connectivity index (χ0) is 17.9. The first-order valence-electron chi connectivity index (χ1n) is 6.35. The number of carboxylic acid groups (broad SMARTS) is 1. The summed E-state index contributed by atoms with van der Waals surface area (Å²) in [6.07, 6.45) is -3.38. The first kappa shape index (κ1) is 17.6. The maximum Gasteiger partial charge on any atom is 0.416 e. The van der Waals surface area contributed by atoms with Gasteiger partial charge >= 0.3 is 12.1 Å². The fraction of sp³-hybridized carbons (Fsp3) is 0.133. The van der Waals surface area contributed by atoms with Crippen molar-refractivity contribution in [1.29, 1.82) is 5.26 Å². The Kier molecular flexibility index (Phi) is 4.95. The SMILES string of the molecule is N#Cc1ccnc(C(=O)O)c1COc1ccc(C(F)(F)F)cc1Cl. The fourth-order valence-electron chi connectivity index (χ4n) is 1.87. The summed E-state index contributed by atoms with van der Waals surface area (Å²) in [7, 11) is 0. The van der Waals surface area contributed by atoms with E-state index >= 15 is 0 Å². The molecule has 1 heterocycles. The highest BCUT2D eigenvalue weighted by Crippen LogP contribution is 2.35. The molecule has 2 aromatic rings. The smallest absolute Gasteiger partial charge is 0.416 e. The average molecular weight is 357 g/mol. The van der Waals surface area contributed by atoms with E-state index in [0.717, 1.165) is 18.3 Å². The molecular formula is C15H8ClF3N2O3. The molecule has 2 rings (SSSR count). The minimum Gasteiger partial charge on any atom is -0.487 e. The Morgan fingerprint density at radius 3 is 2.62 bits per heavy atom. The Bertz CT molecular complexity index is 832. The number of ether oxygens (including phenoxy) is 1. The molecule has 124 valence electrons. The van der Waals surface area contributed by atoms with Gasteiger partial charge in [0.05, 0.1) is 22.2 Å². The first-order chi connectivity index (χ1) is 11.2. The Labute approximate surface area is 138 Å². The van der Waals surface area contributed by atoms with Crippen molar-refractivity contribution in [3.05, 3.63) is 57.9 Å². The predicted octanol–water partition coefficient (Wildman–Crippen LogP) is 3.90. The van der Waals surface area contributed by atoms with Crippen LogP contribution >= 0.6 is 11.6 Å². The topological polar surface area (TPSA) is 83.2 Å². The van der Waals surface area contributed by atoms with Crippen molar-refractivity contribution in [2.24, 2.45) is 0 Å². The maximum absolute atomic E-state index is 12.6. The summed E-state index contributed by atoms with van der Waals surface area (Å²) in [6.45, 7) is -0.385. The summed E-state index contributed by atoms with van der Waals surface area (Å²) < 4.78 is 43.0. The van der Waals surface area contributed by atoms with E-state index < -0.39 is 17.7 Å². The number of carboxylic acids is 1. The second kappa shape index (κ2) is 6.76. The number of alkyl halides is 3. The molecule has 0 amide bonds. The Hall–Kier alpha value is -2.79. The molecule has 0 aliphatic heterocycles. The van der Waals surface area contributed by atoms with Gasteiger partial charge in [0.25, 0.3) is 0 Å². The molecule has 0 saturated carbocycles. The first-order valence-corrected chi connectivity index (χ1v) is 6.72. The van der Waals surface area contributed by atoms with Crippen LogP contribution in [-0.2, 0) is 12.8 Å². The zero-order valence-corrected chi connectivity index (χ0v) is 12.5. The third kappa shape index (κ3) is 3.75. The fourth-order valence-corrected chi connectivity index (χ4v) is 2.11. The minimum absolute atomic E-state index is 0.00321. The van der Waals surface area contributed by atoms with Gasteiger partial charge in [-0.05, 0) is 24.3 Å². The number of rotatable bonds is 4. The highest BCUT2D eigenvalue weighted by atomic mass is 35.5. The molecule has 0 atom stereocenters. The van der Waals surface area contributed by atoms with Gasteiger partial charge in [-0.15, -0.1) is 0 Å². The number of nitriles is 1. The van der Waals surface area contributed by atoms with Crippen LogP contribution in [-0.4, -0.2) is 16.1 Å². The minimum atomic E-state index is -4.55. The number of carbonyl (C=O) groups is 1. The normalized spacial score (nSPS) is 11.0. The molecule has 1 aromatic heterocycles. The van der Waals surface area contributed by atoms with Crippen molar-refractivity contribution in [3.63, 3.8) is 0 Å². The molecule has 1 aromatic carbocycles. The summed E-state index contributed by atoms with van der Waals surface area (Å²) in [5, 5.41) is 17.8. The predicted molar refractivity (Wildman–Crippen MR) is 76.7 cm³/mol. The van der Waals surface area contributed by atoms with Crippen LogP contribution in [0.5, 0.6) is 5.75 Å². The molecule has 0 saturated heterocycles. The molecular weight excluding hydrogens is 349 g/mol. The molecule has 0 aliphatic rings. The van der Waals surface area contributed by atoms with Crippen LogP contribution in [0.2, 0.25) is 5.02 Å². The number of nitrogens with zero attached hydrogens (tertiary/aromatic N) is 2. The molecule has 1 N–H and O–H groups in total. The van der Waals surface area contributed by atoms with E-state index in [4.69, 9.17) is 26.7 Å². The van der Waals surface area contributed by atoms with Gasteiger partial charge in [-0.1, -0.05) is 11.6 Å². The van der Waals surface area contributed by atoms with Crippen molar-refractivity contribution in [3.8, 4) is 11.8 Å². The molecule has 24 heavy (non-hydrogen) atoms. The molecule has 0 aliphatic carbocycles. The van der Waals surface area contributed by atoms with Crippen LogP contribution in [0.25, 0.3) is 0 Å². The summed E-state index contributed by atoms with van der Waals surface area (Å²) >= 11 is 5.76. The van der Waals surface area contributed by atoms with Gasteiger partial charge < -0.3 is 9.84 Å². The molecule has 9 heteroatoms. The van der Waals surface area contributed by atoms with Crippen molar-refractivity contribution < 1.29 is 27.8 Å². The van der Waals surface area contributed by atoms with E-state index in [2.05, 4.69) is 4.98 Å². The standard InChI is InChI=1S/C15H8ClF3N2O3/c16-11-5-9(15(17,18)19)1-2-12(11)24-7-10-8(6-20)3-4-21-13(10)14(22)23/h1-5H,7H2,(H,22,23). The van der Waals surface area contributed by atoms with E-state index in [1.54, 1.807) is 6.07 Å². The monoisotopic (exact) mass is 356 g/mol. The van der Waals surface area contributed by atoms with Crippen molar-refractivity contribution >= 4 is 17.6 Å². The van der Waals surface area contributed by atoms with Gasteiger partial charge in [-0.3, -0.25) is 0 Å². The molecule has 0 unspecified atom stereocenters. The summed E-state index contributed by atoms with van der Waals surface area (Å²) in [5.74, 6) is -1.43. The van der Waals surface area contributed by atoms with Gasteiger partial charge in [0.2, 0.25) is 0 Å². The maximum atomic E-state index is 12.6. The van der Waals surface area contributed by atoms with E-state index in [9.17, 15) is 18.0 Å². The Morgan fingerprint density at radius 2 is 2.08 bits per heavy atom. The van der Waals surface area contributed by atoms with E-state index in [1.165, 1.54) is 6.07 Å². The van der Waals surface area contributed by atoms with E-state index in [1.807, 2.05) is 0 Å². The van der Waals surface area contributed by atoms with Gasteiger partial charge in [-0.25, -0.2) is 9.78 Å². The van der Waals surface area contributed by atoms with Crippen molar-refractivity contribution in [2.45, 2.75) is 12.8 Å². The third-order valence-electron chi connectivity index (χ3n) is 3.01. The third-order valence-corrected chi connectivity index (χ3v) is 3.31. The number of hydrogen-bond acceptors (Lipinski definition) is 4. The van der Waals surface area contributed by atoms with Gasteiger partial charge in [0, 0.05) is 11.8 Å². The second-order valence-electron chi connectivity index (χ2n) is 4.53. The quantitative estimate of drug-likeness (QED) is 0.898. The zero-order valence-electron chi connectivity index (χ0n) is 11.8. The van der Waals surface area contributed by atoms with Crippen molar-refractivity contribution in [1.82, 2.24) is 4.98 Å².